The zero-order valence-electron chi connectivity index (χ0n) is 14.5. The summed E-state index contributed by atoms with van der Waals surface area (Å²) in [5.41, 5.74) is 2.17. The van der Waals surface area contributed by atoms with Crippen molar-refractivity contribution in [3.63, 3.8) is 0 Å². The first-order valence-corrected chi connectivity index (χ1v) is 8.65. The number of nitrogens with one attached hydrogen (secondary N) is 1. The van der Waals surface area contributed by atoms with Gasteiger partial charge in [0.2, 0.25) is 5.91 Å². The van der Waals surface area contributed by atoms with E-state index in [9.17, 15) is 4.79 Å². The van der Waals surface area contributed by atoms with Gasteiger partial charge in [-0.15, -0.1) is 0 Å². The highest BCUT2D eigenvalue weighted by Crippen LogP contribution is 2.15. The van der Waals surface area contributed by atoms with Gasteiger partial charge in [0.1, 0.15) is 5.82 Å². The number of hydrogen-bond donors (Lipinski definition) is 1. The Kier molecular flexibility index (Phi) is 5.95. The molecule has 1 N–H and O–H groups in total. The topological polar surface area (TPSA) is 67.4 Å². The first-order valence-electron chi connectivity index (χ1n) is 8.65. The summed E-state index contributed by atoms with van der Waals surface area (Å²) in [7, 11) is 1.86. The minimum absolute atomic E-state index is 0.0813. The van der Waals surface area contributed by atoms with Crippen LogP contribution < -0.4 is 5.32 Å². The minimum Gasteiger partial charge on any atom is -0.375 e. The number of ether oxygens (including phenoxy) is 1. The molecule has 1 saturated heterocycles. The number of morpholine rings is 1. The number of hydrogen-bond acceptors (Lipinski definition) is 5. The van der Waals surface area contributed by atoms with E-state index in [4.69, 9.17) is 4.74 Å². The van der Waals surface area contributed by atoms with Crippen molar-refractivity contribution in [2.45, 2.75) is 25.4 Å². The normalized spacial score (nSPS) is 17.3. The van der Waals surface area contributed by atoms with Crippen LogP contribution in [0.2, 0.25) is 0 Å². The standard InChI is InChI=1S/C19H24N4O2/c1-20-18-11-15(6-8-22-18)4-5-17-14-23(9-10-25-17)19(24)12-16-3-2-7-21-13-16/h2-3,6-8,11,13,17H,4-5,9-10,12,14H2,1H3,(H,20,22). The van der Waals surface area contributed by atoms with E-state index in [-0.39, 0.29) is 12.0 Å². The average Bonchev–Trinajstić information content (AvgIpc) is 2.67. The summed E-state index contributed by atoms with van der Waals surface area (Å²) in [6.45, 7) is 1.92. The molecule has 0 radical (unpaired) electrons. The Bertz CT molecular complexity index is 693. The molecule has 1 atom stereocenters. The highest BCUT2D eigenvalue weighted by atomic mass is 16.5. The fourth-order valence-electron chi connectivity index (χ4n) is 3.00. The van der Waals surface area contributed by atoms with E-state index in [0.29, 0.717) is 26.1 Å². The molecule has 1 fully saturated rings. The third-order valence-electron chi connectivity index (χ3n) is 4.41. The molecule has 3 rings (SSSR count). The van der Waals surface area contributed by atoms with Crippen LogP contribution in [0.25, 0.3) is 0 Å². The van der Waals surface area contributed by atoms with E-state index in [1.807, 2.05) is 42.4 Å². The van der Waals surface area contributed by atoms with Crippen molar-refractivity contribution in [2.75, 3.05) is 32.1 Å². The molecule has 2 aromatic heterocycles. The molecule has 3 heterocycles. The number of aromatic nitrogens is 2. The zero-order valence-corrected chi connectivity index (χ0v) is 14.5. The monoisotopic (exact) mass is 340 g/mol. The number of carbonyl (C=O) groups excluding carboxylic acids is 1. The van der Waals surface area contributed by atoms with E-state index in [0.717, 1.165) is 24.2 Å². The van der Waals surface area contributed by atoms with Gasteiger partial charge in [-0.25, -0.2) is 4.98 Å². The van der Waals surface area contributed by atoms with Crippen LogP contribution >= 0.6 is 0 Å². The zero-order chi connectivity index (χ0) is 17.5. The first kappa shape index (κ1) is 17.4. The van der Waals surface area contributed by atoms with Gasteiger partial charge in [-0.3, -0.25) is 9.78 Å². The summed E-state index contributed by atoms with van der Waals surface area (Å²) in [5.74, 6) is 1.01. The molecule has 1 amide bonds. The number of anilines is 1. The second-order valence-electron chi connectivity index (χ2n) is 6.21. The lowest BCUT2D eigenvalue weighted by Crippen LogP contribution is -2.46. The Morgan fingerprint density at radius 2 is 2.28 bits per heavy atom. The van der Waals surface area contributed by atoms with Crippen molar-refractivity contribution in [1.82, 2.24) is 14.9 Å². The molecule has 0 saturated carbocycles. The van der Waals surface area contributed by atoms with Gasteiger partial charge in [-0.2, -0.15) is 0 Å². The van der Waals surface area contributed by atoms with Crippen molar-refractivity contribution < 1.29 is 9.53 Å². The van der Waals surface area contributed by atoms with Crippen molar-refractivity contribution in [3.8, 4) is 0 Å². The molecule has 0 spiro atoms. The molecule has 6 heteroatoms. The Morgan fingerprint density at radius 1 is 1.36 bits per heavy atom. The summed E-state index contributed by atoms with van der Waals surface area (Å²) in [6.07, 6.45) is 7.56. The largest absolute Gasteiger partial charge is 0.375 e. The predicted molar refractivity (Wildman–Crippen MR) is 96.4 cm³/mol. The average molecular weight is 340 g/mol. The highest BCUT2D eigenvalue weighted by molar-refractivity contribution is 5.78. The molecule has 0 aromatic carbocycles. The van der Waals surface area contributed by atoms with Gasteiger partial charge in [0.25, 0.3) is 0 Å². The van der Waals surface area contributed by atoms with E-state index in [1.165, 1.54) is 5.56 Å². The predicted octanol–water partition coefficient (Wildman–Crippen LogP) is 1.92. The molecule has 2 aromatic rings. The summed E-state index contributed by atoms with van der Waals surface area (Å²) in [6, 6.07) is 7.87. The van der Waals surface area contributed by atoms with E-state index in [2.05, 4.69) is 15.3 Å². The molecule has 1 aliphatic heterocycles. The quantitative estimate of drug-likeness (QED) is 0.870. The van der Waals surface area contributed by atoms with Crippen LogP contribution in [-0.2, 0) is 22.4 Å². The van der Waals surface area contributed by atoms with E-state index in [1.54, 1.807) is 12.4 Å². The number of carbonyl (C=O) groups is 1. The first-order chi connectivity index (χ1) is 12.2. The maximum absolute atomic E-state index is 12.5. The third kappa shape index (κ3) is 5.00. The maximum Gasteiger partial charge on any atom is 0.227 e. The Hall–Kier alpha value is -2.47. The lowest BCUT2D eigenvalue weighted by atomic mass is 10.1. The second-order valence-corrected chi connectivity index (χ2v) is 6.21. The summed E-state index contributed by atoms with van der Waals surface area (Å²) < 4.78 is 5.85. The van der Waals surface area contributed by atoms with Gasteiger partial charge in [0.05, 0.1) is 19.1 Å². The van der Waals surface area contributed by atoms with Crippen LogP contribution in [0.1, 0.15) is 17.5 Å². The molecule has 6 nitrogen and oxygen atoms in total. The minimum atomic E-state index is 0.0813. The molecule has 25 heavy (non-hydrogen) atoms. The van der Waals surface area contributed by atoms with Crippen LogP contribution in [0.5, 0.6) is 0 Å². The molecule has 0 aliphatic carbocycles. The van der Waals surface area contributed by atoms with Crippen LogP contribution in [0.4, 0.5) is 5.82 Å². The van der Waals surface area contributed by atoms with Gasteiger partial charge in [-0.05, 0) is 42.2 Å². The van der Waals surface area contributed by atoms with Crippen molar-refractivity contribution in [3.05, 3.63) is 54.0 Å². The van der Waals surface area contributed by atoms with Crippen molar-refractivity contribution in [1.29, 1.82) is 0 Å². The molecule has 1 unspecified atom stereocenters. The lowest BCUT2D eigenvalue weighted by Gasteiger charge is -2.33. The van der Waals surface area contributed by atoms with Crippen molar-refractivity contribution >= 4 is 11.7 Å². The van der Waals surface area contributed by atoms with Crippen molar-refractivity contribution in [2.24, 2.45) is 0 Å². The van der Waals surface area contributed by atoms with Crippen LogP contribution in [0.15, 0.2) is 42.9 Å². The number of amides is 1. The molecule has 132 valence electrons. The molecule has 0 bridgehead atoms. The fourth-order valence-corrected chi connectivity index (χ4v) is 3.00. The van der Waals surface area contributed by atoms with Crippen LogP contribution in [0.3, 0.4) is 0 Å². The number of rotatable bonds is 6. The SMILES string of the molecule is CNc1cc(CCC2CN(C(=O)Cc3cccnc3)CCO2)ccn1. The van der Waals surface area contributed by atoms with Gasteiger partial charge < -0.3 is 15.0 Å². The lowest BCUT2D eigenvalue weighted by molar-refractivity contribution is -0.138. The molecule has 1 aliphatic rings. The van der Waals surface area contributed by atoms with Gasteiger partial charge >= 0.3 is 0 Å². The van der Waals surface area contributed by atoms with E-state index < -0.39 is 0 Å². The molecular weight excluding hydrogens is 316 g/mol. The number of aryl methyl sites for hydroxylation is 1. The Morgan fingerprint density at radius 3 is 3.08 bits per heavy atom. The Balaban J connectivity index is 1.51. The van der Waals surface area contributed by atoms with Crippen LogP contribution in [0, 0.1) is 0 Å². The van der Waals surface area contributed by atoms with Gasteiger partial charge in [0.15, 0.2) is 0 Å². The Labute approximate surface area is 148 Å². The number of nitrogens with zero attached hydrogens (tertiary/aromatic N) is 3. The van der Waals surface area contributed by atoms with E-state index >= 15 is 0 Å². The highest BCUT2D eigenvalue weighted by Gasteiger charge is 2.24. The second kappa shape index (κ2) is 8.58. The number of pyridine rings is 2. The van der Waals surface area contributed by atoms with Crippen LogP contribution in [-0.4, -0.2) is 53.6 Å². The van der Waals surface area contributed by atoms with Gasteiger partial charge in [-0.1, -0.05) is 6.07 Å². The van der Waals surface area contributed by atoms with Gasteiger partial charge in [0, 0.05) is 38.7 Å². The summed E-state index contributed by atoms with van der Waals surface area (Å²) in [4.78, 5) is 22.7. The fraction of sp³-hybridized carbons (Fsp3) is 0.421. The molecular formula is C19H24N4O2. The smallest absolute Gasteiger partial charge is 0.227 e. The maximum atomic E-state index is 12.5. The summed E-state index contributed by atoms with van der Waals surface area (Å²) in [5, 5.41) is 3.05. The summed E-state index contributed by atoms with van der Waals surface area (Å²) >= 11 is 0. The third-order valence-corrected chi connectivity index (χ3v) is 4.41.